The predicted octanol–water partition coefficient (Wildman–Crippen LogP) is 1.89. The molecule has 1 aromatic carbocycles. The van der Waals surface area contributed by atoms with E-state index in [1.54, 1.807) is 0 Å². The smallest absolute Gasteiger partial charge is 0.336 e. The van der Waals surface area contributed by atoms with Crippen molar-refractivity contribution in [3.63, 3.8) is 0 Å². The Balaban J connectivity index is 2.24. The van der Waals surface area contributed by atoms with E-state index in [2.05, 4.69) is 0 Å². The number of hydrogen-bond donors (Lipinski definition) is 0. The first-order valence-electron chi connectivity index (χ1n) is 6.98. The molecule has 1 aliphatic heterocycles. The van der Waals surface area contributed by atoms with E-state index >= 15 is 0 Å². The lowest BCUT2D eigenvalue weighted by Crippen LogP contribution is -2.48. The topological polar surface area (TPSA) is 90.5 Å². The molecular formula is C14H13F3N4O3. The fourth-order valence-corrected chi connectivity index (χ4v) is 2.42. The van der Waals surface area contributed by atoms with Crippen molar-refractivity contribution in [1.82, 2.24) is 9.80 Å². The maximum Gasteiger partial charge on any atom is 0.416 e. The molecule has 10 heteroatoms. The molecule has 0 N–H and O–H groups in total. The van der Waals surface area contributed by atoms with E-state index in [0.29, 0.717) is 25.2 Å². The largest absolute Gasteiger partial charge is 0.416 e. The lowest BCUT2D eigenvalue weighted by atomic mass is 10.1. The Morgan fingerprint density at radius 2 is 1.92 bits per heavy atom. The van der Waals surface area contributed by atoms with E-state index < -0.39 is 28.3 Å². The number of nitro groups is 1. The Bertz CT molecular complexity index is 691. The van der Waals surface area contributed by atoms with Gasteiger partial charge in [-0.2, -0.15) is 18.4 Å². The van der Waals surface area contributed by atoms with E-state index in [1.807, 2.05) is 11.0 Å². The fourth-order valence-electron chi connectivity index (χ4n) is 2.42. The summed E-state index contributed by atoms with van der Waals surface area (Å²) in [6, 6.07) is 3.86. The van der Waals surface area contributed by atoms with Crippen LogP contribution in [-0.4, -0.2) is 53.4 Å². The molecule has 7 nitrogen and oxygen atoms in total. The van der Waals surface area contributed by atoms with Gasteiger partial charge in [0.2, 0.25) is 0 Å². The molecule has 1 saturated heterocycles. The zero-order chi connectivity index (χ0) is 17.9. The van der Waals surface area contributed by atoms with Crippen molar-refractivity contribution in [2.24, 2.45) is 0 Å². The Hall–Kier alpha value is -2.67. The monoisotopic (exact) mass is 342 g/mol. The first kappa shape index (κ1) is 17.7. The van der Waals surface area contributed by atoms with Crippen molar-refractivity contribution in [2.45, 2.75) is 6.18 Å². The second kappa shape index (κ2) is 6.84. The standard InChI is InChI=1S/C14H13F3N4O3/c15-14(16,17)10-1-2-11(12(9-10)21(23)24)13(22)20-7-5-19(4-3-18)6-8-20/h1-2,9H,4-8H2. The molecule has 1 fully saturated rings. The van der Waals surface area contributed by atoms with Gasteiger partial charge in [0.05, 0.1) is 23.1 Å². The maximum atomic E-state index is 12.7. The molecule has 0 spiro atoms. The highest BCUT2D eigenvalue weighted by molar-refractivity contribution is 5.98. The van der Waals surface area contributed by atoms with Crippen LogP contribution in [0.25, 0.3) is 0 Å². The van der Waals surface area contributed by atoms with Crippen LogP contribution in [0.4, 0.5) is 18.9 Å². The lowest BCUT2D eigenvalue weighted by Gasteiger charge is -2.33. The number of piperazine rings is 1. The quantitative estimate of drug-likeness (QED) is 0.475. The molecule has 0 unspecified atom stereocenters. The average Bonchev–Trinajstić information content (AvgIpc) is 2.53. The lowest BCUT2D eigenvalue weighted by molar-refractivity contribution is -0.385. The van der Waals surface area contributed by atoms with Crippen molar-refractivity contribution in [3.8, 4) is 6.07 Å². The summed E-state index contributed by atoms with van der Waals surface area (Å²) in [6.07, 6.45) is -4.73. The summed E-state index contributed by atoms with van der Waals surface area (Å²) in [5.41, 5.74) is -2.42. The summed E-state index contributed by atoms with van der Waals surface area (Å²) in [5.74, 6) is -0.688. The molecular weight excluding hydrogens is 329 g/mol. The van der Waals surface area contributed by atoms with Crippen molar-refractivity contribution >= 4 is 11.6 Å². The van der Waals surface area contributed by atoms with Gasteiger partial charge < -0.3 is 4.90 Å². The van der Waals surface area contributed by atoms with Gasteiger partial charge in [0, 0.05) is 32.2 Å². The van der Waals surface area contributed by atoms with Crippen LogP contribution < -0.4 is 0 Å². The molecule has 0 bridgehead atoms. The highest BCUT2D eigenvalue weighted by atomic mass is 19.4. The number of carbonyl (C=O) groups is 1. The fraction of sp³-hybridized carbons (Fsp3) is 0.429. The molecule has 0 aromatic heterocycles. The summed E-state index contributed by atoms with van der Waals surface area (Å²) < 4.78 is 38.1. The third kappa shape index (κ3) is 3.80. The van der Waals surface area contributed by atoms with Crippen molar-refractivity contribution in [1.29, 1.82) is 5.26 Å². The number of benzene rings is 1. The number of carbonyl (C=O) groups excluding carboxylic acids is 1. The van der Waals surface area contributed by atoms with Crippen LogP contribution in [0.15, 0.2) is 18.2 Å². The number of halogens is 3. The Morgan fingerprint density at radius 3 is 2.42 bits per heavy atom. The molecule has 0 aliphatic carbocycles. The van der Waals surface area contributed by atoms with Gasteiger partial charge in [-0.15, -0.1) is 0 Å². The third-order valence-corrected chi connectivity index (χ3v) is 3.71. The van der Waals surface area contributed by atoms with Crippen molar-refractivity contribution in [3.05, 3.63) is 39.4 Å². The molecule has 24 heavy (non-hydrogen) atoms. The molecule has 1 amide bonds. The van der Waals surface area contributed by atoms with Gasteiger partial charge in [-0.25, -0.2) is 0 Å². The summed E-state index contributed by atoms with van der Waals surface area (Å²) in [6.45, 7) is 1.56. The number of alkyl halides is 3. The normalized spacial score (nSPS) is 15.8. The summed E-state index contributed by atoms with van der Waals surface area (Å²) >= 11 is 0. The van der Waals surface area contributed by atoms with Gasteiger partial charge in [-0.3, -0.25) is 19.8 Å². The minimum atomic E-state index is -4.73. The number of rotatable bonds is 3. The second-order valence-electron chi connectivity index (χ2n) is 5.21. The van der Waals surface area contributed by atoms with Crippen LogP contribution in [0.5, 0.6) is 0 Å². The van der Waals surface area contributed by atoms with E-state index in [4.69, 9.17) is 5.26 Å². The van der Waals surface area contributed by atoms with Gasteiger partial charge in [0.15, 0.2) is 0 Å². The molecule has 128 valence electrons. The zero-order valence-electron chi connectivity index (χ0n) is 12.4. The molecule has 0 saturated carbocycles. The highest BCUT2D eigenvalue weighted by Gasteiger charge is 2.35. The van der Waals surface area contributed by atoms with Crippen LogP contribution in [0.1, 0.15) is 15.9 Å². The van der Waals surface area contributed by atoms with Crippen LogP contribution in [0.2, 0.25) is 0 Å². The average molecular weight is 342 g/mol. The number of nitro benzene ring substituents is 1. The van der Waals surface area contributed by atoms with Crippen molar-refractivity contribution in [2.75, 3.05) is 32.7 Å². The maximum absolute atomic E-state index is 12.7. The van der Waals surface area contributed by atoms with Gasteiger partial charge in [-0.05, 0) is 12.1 Å². The summed E-state index contributed by atoms with van der Waals surface area (Å²) in [5, 5.41) is 19.7. The number of nitrogens with zero attached hydrogens (tertiary/aromatic N) is 4. The van der Waals surface area contributed by atoms with Crippen LogP contribution in [0.3, 0.4) is 0 Å². The van der Waals surface area contributed by atoms with Gasteiger partial charge >= 0.3 is 6.18 Å². The summed E-state index contributed by atoms with van der Waals surface area (Å²) in [7, 11) is 0. The minimum Gasteiger partial charge on any atom is -0.336 e. The first-order chi connectivity index (χ1) is 11.2. The summed E-state index contributed by atoms with van der Waals surface area (Å²) in [4.78, 5) is 25.6. The highest BCUT2D eigenvalue weighted by Crippen LogP contribution is 2.33. The Kier molecular flexibility index (Phi) is 5.04. The van der Waals surface area contributed by atoms with Gasteiger partial charge in [-0.1, -0.05) is 0 Å². The first-order valence-corrected chi connectivity index (χ1v) is 6.98. The van der Waals surface area contributed by atoms with Crippen LogP contribution in [0, 0.1) is 21.4 Å². The SMILES string of the molecule is N#CCN1CCN(C(=O)c2ccc(C(F)(F)F)cc2[N+](=O)[O-])CC1. The molecule has 1 heterocycles. The predicted molar refractivity (Wildman–Crippen MR) is 76.1 cm³/mol. The number of nitriles is 1. The number of hydrogen-bond acceptors (Lipinski definition) is 5. The van der Waals surface area contributed by atoms with E-state index in [1.165, 1.54) is 4.90 Å². The molecule has 0 atom stereocenters. The van der Waals surface area contributed by atoms with Gasteiger partial charge in [0.25, 0.3) is 11.6 Å². The third-order valence-electron chi connectivity index (χ3n) is 3.71. The van der Waals surface area contributed by atoms with Crippen LogP contribution >= 0.6 is 0 Å². The van der Waals surface area contributed by atoms with E-state index in [0.717, 1.165) is 6.07 Å². The van der Waals surface area contributed by atoms with Crippen LogP contribution in [-0.2, 0) is 6.18 Å². The molecule has 0 radical (unpaired) electrons. The van der Waals surface area contributed by atoms with Crippen molar-refractivity contribution < 1.29 is 22.9 Å². The van der Waals surface area contributed by atoms with E-state index in [-0.39, 0.29) is 25.2 Å². The Labute approximate surface area is 135 Å². The minimum absolute atomic E-state index is 0.211. The Morgan fingerprint density at radius 1 is 1.29 bits per heavy atom. The second-order valence-corrected chi connectivity index (χ2v) is 5.21. The van der Waals surface area contributed by atoms with Gasteiger partial charge in [0.1, 0.15) is 5.56 Å². The zero-order valence-corrected chi connectivity index (χ0v) is 12.4. The van der Waals surface area contributed by atoms with E-state index in [9.17, 15) is 28.1 Å². The molecule has 1 aliphatic rings. The number of amides is 1. The molecule has 2 rings (SSSR count). The molecule has 1 aromatic rings.